The lowest BCUT2D eigenvalue weighted by molar-refractivity contribution is -0.123. The minimum absolute atomic E-state index is 0.0409. The Labute approximate surface area is 415 Å². The first-order valence-corrected chi connectivity index (χ1v) is 24.9. The summed E-state index contributed by atoms with van der Waals surface area (Å²) in [6.07, 6.45) is 30.5. The maximum atomic E-state index is 14.3. The van der Waals surface area contributed by atoms with Gasteiger partial charge in [-0.2, -0.15) is 0 Å². The lowest BCUT2D eigenvalue weighted by atomic mass is 9.94. The number of amides is 3. The van der Waals surface area contributed by atoms with Gasteiger partial charge in [-0.05, 0) is 111 Å². The van der Waals surface area contributed by atoms with Crippen molar-refractivity contribution >= 4 is 23.4 Å². The lowest BCUT2D eigenvalue weighted by Crippen LogP contribution is -2.32. The van der Waals surface area contributed by atoms with Crippen molar-refractivity contribution in [3.05, 3.63) is 175 Å². The molecule has 0 bridgehead atoms. The molecule has 1 heterocycles. The fraction of sp³-hybridized carbons (Fsp3) is 0.373. The lowest BCUT2D eigenvalue weighted by Gasteiger charge is -2.20. The SMILES string of the molecule is CC/C=C\C/C=C\C/C=C\C/C=C\C/C=C\C/C=C\CCC(=O)NCCOCCNC(=O)C[C@H](O)C[C@H](O)CCn1c(-c2ccc(F)cc2)c(-c2ccccc2)c(C(=O)Nc2ccccc2)c1C(C)C. The van der Waals surface area contributed by atoms with E-state index in [-0.39, 0.29) is 68.4 Å². The number of carbonyl (C=O) groups excluding carboxylic acids is 3. The molecular weight excluding hydrogens is 880 g/mol. The molecule has 4 rings (SSSR count). The topological polar surface area (TPSA) is 142 Å². The quantitative estimate of drug-likeness (QED) is 0.0244. The fourth-order valence-corrected chi connectivity index (χ4v) is 7.86. The number of carbonyl (C=O) groups is 3. The summed E-state index contributed by atoms with van der Waals surface area (Å²) in [6, 6.07) is 25.0. The molecule has 4 aromatic rings. The Balaban J connectivity index is 1.15. The number of nitrogens with one attached hydrogen (secondary N) is 3. The number of hydrogen-bond acceptors (Lipinski definition) is 6. The van der Waals surface area contributed by atoms with Crippen LogP contribution in [0.3, 0.4) is 0 Å². The predicted octanol–water partition coefficient (Wildman–Crippen LogP) is 12.0. The van der Waals surface area contributed by atoms with Crippen LogP contribution in [-0.2, 0) is 20.9 Å². The van der Waals surface area contributed by atoms with Crippen molar-refractivity contribution in [2.24, 2.45) is 0 Å². The van der Waals surface area contributed by atoms with Gasteiger partial charge in [0.15, 0.2) is 0 Å². The second-order valence-electron chi connectivity index (χ2n) is 17.3. The van der Waals surface area contributed by atoms with Crippen LogP contribution in [0.2, 0.25) is 0 Å². The molecule has 0 aliphatic rings. The second kappa shape index (κ2) is 33.2. The molecule has 1 aromatic heterocycles. The van der Waals surface area contributed by atoms with Gasteiger partial charge in [0.05, 0.1) is 43.1 Å². The molecule has 3 amide bonds. The summed E-state index contributed by atoms with van der Waals surface area (Å²) in [5.41, 5.74) is 4.79. The van der Waals surface area contributed by atoms with Crippen molar-refractivity contribution < 1.29 is 33.7 Å². The Hall–Kier alpha value is -6.40. The van der Waals surface area contributed by atoms with E-state index in [4.69, 9.17) is 4.74 Å². The van der Waals surface area contributed by atoms with Crippen LogP contribution < -0.4 is 16.0 Å². The first-order chi connectivity index (χ1) is 34.1. The Bertz CT molecular complexity index is 2330. The van der Waals surface area contributed by atoms with Gasteiger partial charge in [0.25, 0.3) is 5.91 Å². The minimum atomic E-state index is -1.10. The van der Waals surface area contributed by atoms with Gasteiger partial charge in [-0.1, -0.05) is 142 Å². The van der Waals surface area contributed by atoms with Crippen LogP contribution in [0.5, 0.6) is 0 Å². The van der Waals surface area contributed by atoms with Gasteiger partial charge in [-0.15, -0.1) is 0 Å². The molecule has 0 saturated heterocycles. The van der Waals surface area contributed by atoms with Gasteiger partial charge >= 0.3 is 0 Å². The highest BCUT2D eigenvalue weighted by molar-refractivity contribution is 6.12. The predicted molar refractivity (Wildman–Crippen MR) is 284 cm³/mol. The zero-order valence-corrected chi connectivity index (χ0v) is 41.4. The summed E-state index contributed by atoms with van der Waals surface area (Å²) in [7, 11) is 0. The van der Waals surface area contributed by atoms with Crippen LogP contribution in [0.15, 0.2) is 158 Å². The average Bonchev–Trinajstić information content (AvgIpc) is 3.70. The summed E-state index contributed by atoms with van der Waals surface area (Å²) in [5.74, 6) is -1.24. The Morgan fingerprint density at radius 2 is 1.19 bits per heavy atom. The van der Waals surface area contributed by atoms with Crippen molar-refractivity contribution in [2.75, 3.05) is 31.6 Å². The molecule has 0 aliphatic carbocycles. The maximum absolute atomic E-state index is 14.3. The van der Waals surface area contributed by atoms with E-state index in [1.54, 1.807) is 12.1 Å². The average molecular weight is 955 g/mol. The van der Waals surface area contributed by atoms with Gasteiger partial charge in [-0.3, -0.25) is 14.4 Å². The van der Waals surface area contributed by atoms with E-state index in [9.17, 15) is 29.0 Å². The van der Waals surface area contributed by atoms with Gasteiger partial charge in [0.2, 0.25) is 11.8 Å². The number of nitrogens with zero attached hydrogens (tertiary/aromatic N) is 1. The number of rotatable bonds is 32. The van der Waals surface area contributed by atoms with Crippen LogP contribution in [0, 0.1) is 5.82 Å². The molecule has 10 nitrogen and oxygen atoms in total. The molecule has 11 heteroatoms. The van der Waals surface area contributed by atoms with Crippen molar-refractivity contribution in [1.82, 2.24) is 15.2 Å². The first-order valence-electron chi connectivity index (χ1n) is 24.9. The van der Waals surface area contributed by atoms with E-state index in [2.05, 4.69) is 89.7 Å². The summed E-state index contributed by atoms with van der Waals surface area (Å²) in [5, 5.41) is 30.7. The highest BCUT2D eigenvalue weighted by atomic mass is 19.1. The summed E-state index contributed by atoms with van der Waals surface area (Å²) in [4.78, 5) is 39.2. The number of allylic oxidation sites excluding steroid dienone is 12. The van der Waals surface area contributed by atoms with Gasteiger partial charge < -0.3 is 35.5 Å². The monoisotopic (exact) mass is 955 g/mol. The second-order valence-corrected chi connectivity index (χ2v) is 17.3. The summed E-state index contributed by atoms with van der Waals surface area (Å²) in [6.45, 7) is 7.55. The number of anilines is 1. The molecule has 0 aliphatic heterocycles. The van der Waals surface area contributed by atoms with E-state index in [0.717, 1.165) is 49.8 Å². The number of para-hydroxylation sites is 1. The van der Waals surface area contributed by atoms with Crippen LogP contribution in [0.4, 0.5) is 10.1 Å². The Morgan fingerprint density at radius 3 is 1.74 bits per heavy atom. The van der Waals surface area contributed by atoms with Crippen molar-refractivity contribution in [2.45, 2.75) is 116 Å². The Kier molecular flexibility index (Phi) is 26.6. The van der Waals surface area contributed by atoms with Crippen LogP contribution in [0.25, 0.3) is 22.4 Å². The molecule has 3 aromatic carbocycles. The number of aliphatic hydroxyl groups is 2. The van der Waals surface area contributed by atoms with Crippen LogP contribution >= 0.6 is 0 Å². The molecule has 0 unspecified atom stereocenters. The summed E-state index contributed by atoms with van der Waals surface area (Å²) >= 11 is 0. The molecule has 5 N–H and O–H groups in total. The molecular formula is C59H75FN4O6. The normalized spacial score (nSPS) is 13.0. The third-order valence-electron chi connectivity index (χ3n) is 11.2. The number of ether oxygens (including phenoxy) is 1. The standard InChI is InChI=1S/C59H75FN4O6/c1-4-5-6-7-8-9-10-11-12-13-14-15-16-17-18-19-20-21-28-33-53(67)61-39-42-70-43-40-62-54(68)45-52(66)44-51(65)38-41-64-57(46(2)3)56(59(69)63-50-31-26-23-27-32-50)55(47-29-24-22-25-30-47)58(64)48-34-36-49(60)37-35-48/h5-6,8-9,11-12,14-15,17-18,20-27,29-32,34-37,46,51-52,65-66H,4,7,10,13,16,19,28,33,38-45H2,1-3H3,(H,61,67)(H,62,68)(H,63,69)/b6-5-,9-8-,12-11-,15-14-,18-17-,21-20-/t51-,52-/m1/s1. The number of benzene rings is 3. The molecule has 374 valence electrons. The highest BCUT2D eigenvalue weighted by Crippen LogP contribution is 2.42. The molecule has 0 saturated carbocycles. The van der Waals surface area contributed by atoms with Crippen LogP contribution in [0.1, 0.15) is 113 Å². The Morgan fingerprint density at radius 1 is 0.657 bits per heavy atom. The van der Waals surface area contributed by atoms with Crippen molar-refractivity contribution in [3.8, 4) is 22.4 Å². The first kappa shape index (κ1) is 56.2. The largest absolute Gasteiger partial charge is 0.393 e. The van der Waals surface area contributed by atoms with E-state index in [1.165, 1.54) is 12.1 Å². The zero-order chi connectivity index (χ0) is 50.2. The minimum Gasteiger partial charge on any atom is -0.393 e. The van der Waals surface area contributed by atoms with Crippen molar-refractivity contribution in [3.63, 3.8) is 0 Å². The highest BCUT2D eigenvalue weighted by Gasteiger charge is 2.31. The molecule has 0 spiro atoms. The summed E-state index contributed by atoms with van der Waals surface area (Å²) < 4.78 is 21.9. The number of hydrogen-bond donors (Lipinski definition) is 5. The fourth-order valence-electron chi connectivity index (χ4n) is 7.86. The van der Waals surface area contributed by atoms with Gasteiger partial charge in [0, 0.05) is 43.0 Å². The number of aliphatic hydroxyl groups excluding tert-OH is 2. The molecule has 0 radical (unpaired) electrons. The molecule has 70 heavy (non-hydrogen) atoms. The van der Waals surface area contributed by atoms with Gasteiger partial charge in [0.1, 0.15) is 5.82 Å². The van der Waals surface area contributed by atoms with E-state index in [0.29, 0.717) is 54.1 Å². The van der Waals surface area contributed by atoms with E-state index < -0.39 is 12.2 Å². The molecule has 2 atom stereocenters. The third kappa shape index (κ3) is 21.1. The third-order valence-corrected chi connectivity index (χ3v) is 11.2. The van der Waals surface area contributed by atoms with Crippen molar-refractivity contribution in [1.29, 1.82) is 0 Å². The van der Waals surface area contributed by atoms with E-state index >= 15 is 0 Å². The zero-order valence-electron chi connectivity index (χ0n) is 41.4. The number of halogens is 1. The van der Waals surface area contributed by atoms with Crippen LogP contribution in [-0.4, -0.2) is 71.0 Å². The molecule has 0 fully saturated rings. The maximum Gasteiger partial charge on any atom is 0.258 e. The number of aromatic nitrogens is 1. The van der Waals surface area contributed by atoms with E-state index in [1.807, 2.05) is 85.2 Å². The smallest absolute Gasteiger partial charge is 0.258 e. The van der Waals surface area contributed by atoms with Gasteiger partial charge in [-0.25, -0.2) is 4.39 Å².